The van der Waals surface area contributed by atoms with Crippen LogP contribution in [0.1, 0.15) is 6.92 Å². The van der Waals surface area contributed by atoms with E-state index in [9.17, 15) is 4.79 Å². The van der Waals surface area contributed by atoms with Crippen LogP contribution in [0.5, 0.6) is 0 Å². The maximum absolute atomic E-state index is 10.7. The molecule has 0 rings (SSSR count). The fraction of sp³-hybridized carbons (Fsp3) is 0.833. The van der Waals surface area contributed by atoms with Gasteiger partial charge in [0, 0.05) is 20.1 Å². The number of ether oxygens (including phenoxy) is 1. The molecule has 0 aliphatic carbocycles. The Hall–Kier alpha value is -0.480. The maximum Gasteiger partial charge on any atom is 0.409 e. The number of nitrogens with zero attached hydrogens (tertiary/aromatic N) is 1. The summed E-state index contributed by atoms with van der Waals surface area (Å²) in [6.45, 7) is 2.06. The molecule has 5 heteroatoms. The second kappa shape index (κ2) is 6.24. The summed E-state index contributed by atoms with van der Waals surface area (Å²) in [5.74, 6) is 0. The summed E-state index contributed by atoms with van der Waals surface area (Å²) in [5.41, 5.74) is 5.35. The largest absolute Gasteiger partial charge is 0.448 e. The van der Waals surface area contributed by atoms with Gasteiger partial charge in [0.2, 0.25) is 0 Å². The van der Waals surface area contributed by atoms with Crippen molar-refractivity contribution in [1.82, 2.24) is 4.90 Å². The van der Waals surface area contributed by atoms with Crippen LogP contribution in [0, 0.1) is 0 Å². The SMILES string of the molecule is CC(N)COC(=O)N(C)C.Cl. The zero-order chi connectivity index (χ0) is 8.15. The average molecular weight is 183 g/mol. The van der Waals surface area contributed by atoms with Gasteiger partial charge in [-0.25, -0.2) is 4.79 Å². The van der Waals surface area contributed by atoms with E-state index in [1.54, 1.807) is 21.0 Å². The quantitative estimate of drug-likeness (QED) is 0.675. The molecule has 0 spiro atoms. The lowest BCUT2D eigenvalue weighted by Gasteiger charge is -2.11. The second-order valence-electron chi connectivity index (χ2n) is 2.45. The lowest BCUT2D eigenvalue weighted by molar-refractivity contribution is 0.114. The molecule has 1 unspecified atom stereocenters. The lowest BCUT2D eigenvalue weighted by Crippen LogP contribution is -2.29. The minimum atomic E-state index is -0.350. The Morgan fingerprint density at radius 3 is 2.36 bits per heavy atom. The van der Waals surface area contributed by atoms with Crippen LogP contribution < -0.4 is 5.73 Å². The number of carbonyl (C=O) groups excluding carboxylic acids is 1. The molecular formula is C6H15ClN2O2. The van der Waals surface area contributed by atoms with E-state index < -0.39 is 0 Å². The van der Waals surface area contributed by atoms with E-state index in [0.29, 0.717) is 0 Å². The van der Waals surface area contributed by atoms with Crippen LogP contribution in [0.15, 0.2) is 0 Å². The highest BCUT2D eigenvalue weighted by Crippen LogP contribution is 1.86. The third-order valence-corrected chi connectivity index (χ3v) is 0.835. The zero-order valence-corrected chi connectivity index (χ0v) is 7.85. The summed E-state index contributed by atoms with van der Waals surface area (Å²) in [5, 5.41) is 0. The topological polar surface area (TPSA) is 55.6 Å². The second-order valence-corrected chi connectivity index (χ2v) is 2.45. The molecule has 0 radical (unpaired) electrons. The van der Waals surface area contributed by atoms with Gasteiger partial charge in [0.15, 0.2) is 0 Å². The Balaban J connectivity index is 0. The number of amides is 1. The minimum absolute atomic E-state index is 0. The Kier molecular flexibility index (Phi) is 7.46. The number of hydrogen-bond acceptors (Lipinski definition) is 3. The number of nitrogens with two attached hydrogens (primary N) is 1. The van der Waals surface area contributed by atoms with Gasteiger partial charge in [0.1, 0.15) is 6.61 Å². The molecular weight excluding hydrogens is 168 g/mol. The van der Waals surface area contributed by atoms with Gasteiger partial charge in [-0.1, -0.05) is 0 Å². The molecule has 0 bridgehead atoms. The number of hydrogen-bond donors (Lipinski definition) is 1. The van der Waals surface area contributed by atoms with Crippen LogP contribution in [0.3, 0.4) is 0 Å². The Morgan fingerprint density at radius 1 is 1.64 bits per heavy atom. The zero-order valence-electron chi connectivity index (χ0n) is 7.03. The number of rotatable bonds is 2. The van der Waals surface area contributed by atoms with Crippen LogP contribution in [-0.4, -0.2) is 37.7 Å². The molecule has 0 aromatic heterocycles. The lowest BCUT2D eigenvalue weighted by atomic mass is 10.4. The number of halogens is 1. The normalized spacial score (nSPS) is 11.3. The van der Waals surface area contributed by atoms with Gasteiger partial charge in [-0.2, -0.15) is 0 Å². The first-order valence-electron chi connectivity index (χ1n) is 3.13. The molecule has 11 heavy (non-hydrogen) atoms. The van der Waals surface area contributed by atoms with Crippen molar-refractivity contribution >= 4 is 18.5 Å². The van der Waals surface area contributed by atoms with Crippen LogP contribution in [-0.2, 0) is 4.74 Å². The first-order valence-corrected chi connectivity index (χ1v) is 3.13. The van der Waals surface area contributed by atoms with Crippen molar-refractivity contribution < 1.29 is 9.53 Å². The Morgan fingerprint density at radius 2 is 2.09 bits per heavy atom. The maximum atomic E-state index is 10.7. The van der Waals surface area contributed by atoms with E-state index in [1.807, 2.05) is 0 Å². The molecule has 0 saturated heterocycles. The first kappa shape index (κ1) is 13.1. The predicted molar refractivity (Wildman–Crippen MR) is 45.9 cm³/mol. The van der Waals surface area contributed by atoms with Gasteiger partial charge in [-0.05, 0) is 6.92 Å². The molecule has 2 N–H and O–H groups in total. The van der Waals surface area contributed by atoms with E-state index in [1.165, 1.54) is 4.90 Å². The minimum Gasteiger partial charge on any atom is -0.448 e. The van der Waals surface area contributed by atoms with E-state index in [-0.39, 0.29) is 31.1 Å². The fourth-order valence-electron chi connectivity index (χ4n) is 0.332. The van der Waals surface area contributed by atoms with Crippen molar-refractivity contribution in [1.29, 1.82) is 0 Å². The van der Waals surface area contributed by atoms with Crippen LogP contribution in [0.2, 0.25) is 0 Å². The molecule has 0 aliphatic heterocycles. The standard InChI is InChI=1S/C6H14N2O2.ClH/c1-5(7)4-10-6(9)8(2)3;/h5H,4,7H2,1-3H3;1H. The molecule has 0 saturated carbocycles. The molecule has 0 aliphatic rings. The summed E-state index contributed by atoms with van der Waals surface area (Å²) >= 11 is 0. The van der Waals surface area contributed by atoms with Crippen molar-refractivity contribution in [2.45, 2.75) is 13.0 Å². The Labute approximate surface area is 73.1 Å². The van der Waals surface area contributed by atoms with Crippen molar-refractivity contribution in [3.05, 3.63) is 0 Å². The molecule has 0 fully saturated rings. The summed E-state index contributed by atoms with van der Waals surface area (Å²) in [7, 11) is 3.26. The highest BCUT2D eigenvalue weighted by molar-refractivity contribution is 5.85. The third-order valence-electron chi connectivity index (χ3n) is 0.835. The van der Waals surface area contributed by atoms with Crippen molar-refractivity contribution in [2.24, 2.45) is 5.73 Å². The molecule has 0 heterocycles. The summed E-state index contributed by atoms with van der Waals surface area (Å²) in [6, 6.07) is -0.0936. The van der Waals surface area contributed by atoms with E-state index in [0.717, 1.165) is 0 Å². The van der Waals surface area contributed by atoms with Gasteiger partial charge >= 0.3 is 6.09 Å². The fourth-order valence-corrected chi connectivity index (χ4v) is 0.332. The monoisotopic (exact) mass is 182 g/mol. The van der Waals surface area contributed by atoms with E-state index >= 15 is 0 Å². The predicted octanol–water partition coefficient (Wildman–Crippen LogP) is 0.454. The van der Waals surface area contributed by atoms with Gasteiger partial charge in [-0.3, -0.25) is 0 Å². The number of carbonyl (C=O) groups is 1. The first-order chi connectivity index (χ1) is 4.54. The summed E-state index contributed by atoms with van der Waals surface area (Å²) in [6.07, 6.45) is -0.350. The summed E-state index contributed by atoms with van der Waals surface area (Å²) in [4.78, 5) is 12.1. The van der Waals surface area contributed by atoms with Gasteiger partial charge in [-0.15, -0.1) is 12.4 Å². The molecule has 68 valence electrons. The van der Waals surface area contributed by atoms with Crippen molar-refractivity contribution in [3.63, 3.8) is 0 Å². The third kappa shape index (κ3) is 7.42. The smallest absolute Gasteiger partial charge is 0.409 e. The van der Waals surface area contributed by atoms with Crippen molar-refractivity contribution in [2.75, 3.05) is 20.7 Å². The highest BCUT2D eigenvalue weighted by Gasteiger charge is 2.04. The van der Waals surface area contributed by atoms with E-state index in [2.05, 4.69) is 0 Å². The molecule has 4 nitrogen and oxygen atoms in total. The molecule has 1 atom stereocenters. The van der Waals surface area contributed by atoms with Crippen LogP contribution >= 0.6 is 12.4 Å². The Bertz CT molecular complexity index is 117. The van der Waals surface area contributed by atoms with E-state index in [4.69, 9.17) is 10.5 Å². The van der Waals surface area contributed by atoms with Crippen molar-refractivity contribution in [3.8, 4) is 0 Å². The average Bonchev–Trinajstić information content (AvgIpc) is 1.82. The van der Waals surface area contributed by atoms with Crippen LogP contribution in [0.25, 0.3) is 0 Å². The van der Waals surface area contributed by atoms with Gasteiger partial charge in [0.25, 0.3) is 0 Å². The molecule has 0 aromatic rings. The highest BCUT2D eigenvalue weighted by atomic mass is 35.5. The summed E-state index contributed by atoms with van der Waals surface area (Å²) < 4.78 is 4.73. The van der Waals surface area contributed by atoms with Crippen LogP contribution in [0.4, 0.5) is 4.79 Å². The molecule has 1 amide bonds. The van der Waals surface area contributed by atoms with Gasteiger partial charge in [0.05, 0.1) is 0 Å². The molecule has 0 aromatic carbocycles. The van der Waals surface area contributed by atoms with Gasteiger partial charge < -0.3 is 15.4 Å².